The summed E-state index contributed by atoms with van der Waals surface area (Å²) >= 11 is 7.02. The first-order chi connectivity index (χ1) is 55.3. The molecule has 0 radical (unpaired) electrons. The van der Waals surface area contributed by atoms with Crippen LogP contribution in [0.1, 0.15) is 186 Å². The van der Waals surface area contributed by atoms with Gasteiger partial charge in [-0.25, -0.2) is 0 Å². The SMILES string of the molecule is CC(C)(C)c1ccc(N(c2ccc3c(c2)C(=O)c2cc(N(c4ccc(C(C)(C)C)cc4)c4ccc5c(c4)-c4ccccc4C5(C)C)c4ccccc4c2-3)c2ccc3c(c2)-c2ccccc2C3(C)C)cc1.CC(C)(C)c1ccc(Nc2ccc3c(c2)-c2ccccc2C3(C)C)cc1.O=C1c2cc(Br)ccc2-c2c1cc(Br)c1ccccc21. The Morgan fingerprint density at radius 1 is 0.267 bits per heavy atom. The quantitative estimate of drug-likeness (QED) is 0.164. The maximum absolute atomic E-state index is 15.4. The van der Waals surface area contributed by atoms with Gasteiger partial charge in [-0.2, -0.15) is 0 Å². The number of nitrogens with zero attached hydrogens (tertiary/aromatic N) is 2. The standard InChI is InChI=1S/C67H60N2O.C25H27N.C17H8Br2O/c1-64(2,3)41-23-27-43(28-24-41)68(46-32-35-59-53(37-46)48-17-13-15-21-57(48)66(59,7)8)45-31-34-52-55(39-45)63(70)56-40-61(50-19-11-12-20-51(50)62(52)56)69(44-29-25-42(26-30-44)65(4,5)6)47-33-36-60-54(38-47)49-18-14-16-22-58(49)67(60,9)10;1-24(2,3)17-10-12-18(13-11-17)26-19-14-15-23-21(16-19)20-8-6-7-9-22(20)25(23,4)5;18-9-5-6-12-13(7-9)17(20)14-8-15(19)10-3-1-2-4-11(10)16(12)14/h11-40H,1-10H3;6-16,26H,1-5H3;1-8H. The van der Waals surface area contributed by atoms with Crippen molar-refractivity contribution in [3.8, 4) is 55.6 Å². The van der Waals surface area contributed by atoms with Gasteiger partial charge < -0.3 is 15.1 Å². The number of carbonyl (C=O) groups is 2. The molecule has 0 saturated carbocycles. The van der Waals surface area contributed by atoms with Gasteiger partial charge >= 0.3 is 0 Å². The number of fused-ring (bicyclic) bond motifs is 19. The zero-order valence-corrected chi connectivity index (χ0v) is 71.9. The minimum atomic E-state index is -0.116. The van der Waals surface area contributed by atoms with E-state index in [9.17, 15) is 4.79 Å². The lowest BCUT2D eigenvalue weighted by Gasteiger charge is -2.30. The molecule has 0 aliphatic heterocycles. The van der Waals surface area contributed by atoms with Crippen molar-refractivity contribution >= 4 is 110 Å². The van der Waals surface area contributed by atoms with Crippen LogP contribution >= 0.6 is 31.9 Å². The molecule has 15 aromatic rings. The Kier molecular flexibility index (Phi) is 18.2. The smallest absolute Gasteiger partial charge is 0.194 e. The Hall–Kier alpha value is -11.5. The van der Waals surface area contributed by atoms with Gasteiger partial charge in [-0.3, -0.25) is 9.59 Å². The van der Waals surface area contributed by atoms with Crippen LogP contribution in [0.15, 0.2) is 306 Å². The molecule has 5 nitrogen and oxygen atoms in total. The van der Waals surface area contributed by atoms with Gasteiger partial charge in [0.05, 0.1) is 5.69 Å². The Balaban J connectivity index is 0.000000163. The molecule has 0 aromatic heterocycles. The fourth-order valence-corrected chi connectivity index (χ4v) is 19.8. The normalized spacial score (nSPS) is 14.3. The summed E-state index contributed by atoms with van der Waals surface area (Å²) in [5.74, 6) is 0.141. The molecule has 116 heavy (non-hydrogen) atoms. The van der Waals surface area contributed by atoms with Crippen molar-refractivity contribution in [1.29, 1.82) is 0 Å². The van der Waals surface area contributed by atoms with Crippen LogP contribution in [-0.4, -0.2) is 11.6 Å². The van der Waals surface area contributed by atoms with Crippen LogP contribution in [0.4, 0.5) is 45.5 Å². The van der Waals surface area contributed by atoms with Crippen molar-refractivity contribution in [2.24, 2.45) is 0 Å². The van der Waals surface area contributed by atoms with Crippen LogP contribution < -0.4 is 15.1 Å². The Morgan fingerprint density at radius 3 is 1.09 bits per heavy atom. The number of anilines is 8. The molecule has 0 atom stereocenters. The summed E-state index contributed by atoms with van der Waals surface area (Å²) in [7, 11) is 0. The summed E-state index contributed by atoms with van der Waals surface area (Å²) in [4.78, 5) is 32.7. The number of ketones is 2. The highest BCUT2D eigenvalue weighted by Gasteiger charge is 2.40. The van der Waals surface area contributed by atoms with E-state index in [0.29, 0.717) is 0 Å². The number of halogens is 2. The third-order valence-corrected chi connectivity index (χ3v) is 26.4. The predicted octanol–water partition coefficient (Wildman–Crippen LogP) is 30.8. The molecule has 15 aromatic carbocycles. The highest BCUT2D eigenvalue weighted by Crippen LogP contribution is 2.57. The van der Waals surface area contributed by atoms with E-state index >= 15 is 4.79 Å². The van der Waals surface area contributed by atoms with Gasteiger partial charge in [0, 0.05) is 104 Å². The third kappa shape index (κ3) is 12.7. The average Bonchev–Trinajstić information content (AvgIpc) is 1.55. The van der Waals surface area contributed by atoms with Gasteiger partial charge in [0.15, 0.2) is 11.6 Å². The minimum Gasteiger partial charge on any atom is -0.356 e. The first-order valence-electron chi connectivity index (χ1n) is 40.6. The zero-order chi connectivity index (χ0) is 81.0. The molecule has 20 rings (SSSR count). The summed E-state index contributed by atoms with van der Waals surface area (Å²) in [6.45, 7) is 34.2. The number of benzene rings is 15. The Bertz CT molecular complexity index is 6570. The second-order valence-corrected chi connectivity index (χ2v) is 38.5. The summed E-state index contributed by atoms with van der Waals surface area (Å²) in [6, 6.07) is 107. The van der Waals surface area contributed by atoms with E-state index in [1.807, 2.05) is 36.4 Å². The highest BCUT2D eigenvalue weighted by molar-refractivity contribution is 9.11. The molecule has 0 heterocycles. The molecule has 5 aliphatic carbocycles. The summed E-state index contributed by atoms with van der Waals surface area (Å²) in [5.41, 5.74) is 35.3. The zero-order valence-electron chi connectivity index (χ0n) is 68.8. The predicted molar refractivity (Wildman–Crippen MR) is 495 cm³/mol. The van der Waals surface area contributed by atoms with E-state index in [4.69, 9.17) is 0 Å². The maximum atomic E-state index is 15.4. The van der Waals surface area contributed by atoms with Gasteiger partial charge in [-0.1, -0.05) is 324 Å². The number of rotatable bonds is 8. The molecule has 0 spiro atoms. The lowest BCUT2D eigenvalue weighted by molar-refractivity contribution is 0.103. The molecular formula is C109H95Br2N3O2. The molecule has 0 saturated heterocycles. The topological polar surface area (TPSA) is 52.7 Å². The molecule has 0 amide bonds. The van der Waals surface area contributed by atoms with Crippen molar-refractivity contribution in [3.05, 3.63) is 379 Å². The third-order valence-electron chi connectivity index (χ3n) is 25.3. The molecule has 0 fully saturated rings. The molecule has 0 unspecified atom stereocenters. The van der Waals surface area contributed by atoms with Crippen molar-refractivity contribution in [3.63, 3.8) is 0 Å². The Morgan fingerprint density at radius 2 is 0.603 bits per heavy atom. The fourth-order valence-electron chi connectivity index (χ4n) is 18.9. The van der Waals surface area contributed by atoms with Gasteiger partial charge in [0.2, 0.25) is 0 Å². The van der Waals surface area contributed by atoms with Crippen LogP contribution in [0.5, 0.6) is 0 Å². The van der Waals surface area contributed by atoms with Crippen LogP contribution in [-0.2, 0) is 32.5 Å². The van der Waals surface area contributed by atoms with Gasteiger partial charge in [0.25, 0.3) is 0 Å². The number of hydrogen-bond donors (Lipinski definition) is 1. The average molecular weight is 1640 g/mol. The van der Waals surface area contributed by atoms with Crippen LogP contribution in [0.2, 0.25) is 0 Å². The van der Waals surface area contributed by atoms with E-state index in [1.165, 1.54) is 83.5 Å². The lowest BCUT2D eigenvalue weighted by atomic mass is 9.82. The first kappa shape index (κ1) is 75.8. The van der Waals surface area contributed by atoms with Crippen LogP contribution in [0.25, 0.3) is 77.2 Å². The highest BCUT2D eigenvalue weighted by atomic mass is 79.9. The van der Waals surface area contributed by atoms with E-state index in [2.05, 4.69) is 412 Å². The summed E-state index contributed by atoms with van der Waals surface area (Å²) < 4.78 is 1.90. The first-order valence-corrected chi connectivity index (χ1v) is 42.2. The molecular weight excluding hydrogens is 1540 g/mol. The van der Waals surface area contributed by atoms with Crippen molar-refractivity contribution in [2.45, 2.75) is 136 Å². The van der Waals surface area contributed by atoms with Crippen molar-refractivity contribution in [2.75, 3.05) is 15.1 Å². The summed E-state index contributed by atoms with van der Waals surface area (Å²) in [5, 5.41) is 7.98. The van der Waals surface area contributed by atoms with E-state index in [1.54, 1.807) is 0 Å². The molecule has 5 aliphatic rings. The number of hydrogen-bond acceptors (Lipinski definition) is 5. The van der Waals surface area contributed by atoms with E-state index in [0.717, 1.165) is 120 Å². The fraction of sp³-hybridized carbons (Fsp3) is 0.193. The number of carbonyl (C=O) groups excluding carboxylic acids is 2. The van der Waals surface area contributed by atoms with E-state index < -0.39 is 0 Å². The molecule has 7 heteroatoms. The summed E-state index contributed by atoms with van der Waals surface area (Å²) in [6.07, 6.45) is 0. The second kappa shape index (κ2) is 27.9. The van der Waals surface area contributed by atoms with Crippen LogP contribution in [0.3, 0.4) is 0 Å². The van der Waals surface area contributed by atoms with Gasteiger partial charge in [-0.15, -0.1) is 0 Å². The Labute approximate surface area is 700 Å². The van der Waals surface area contributed by atoms with Crippen molar-refractivity contribution in [1.82, 2.24) is 0 Å². The van der Waals surface area contributed by atoms with Gasteiger partial charge in [0.1, 0.15) is 0 Å². The monoisotopic (exact) mass is 1640 g/mol. The van der Waals surface area contributed by atoms with Crippen LogP contribution in [0, 0.1) is 0 Å². The largest absolute Gasteiger partial charge is 0.356 e. The lowest BCUT2D eigenvalue weighted by Crippen LogP contribution is -2.16. The molecule has 0 bridgehead atoms. The van der Waals surface area contributed by atoms with E-state index in [-0.39, 0.29) is 44.1 Å². The molecule has 572 valence electrons. The minimum absolute atomic E-state index is 0.00210. The molecule has 1 N–H and O–H groups in total. The second-order valence-electron chi connectivity index (χ2n) is 36.7. The maximum Gasteiger partial charge on any atom is 0.194 e. The number of nitrogens with one attached hydrogen (secondary N) is 1. The van der Waals surface area contributed by atoms with Gasteiger partial charge in [-0.05, 0) is 236 Å². The van der Waals surface area contributed by atoms with Crippen molar-refractivity contribution < 1.29 is 9.59 Å².